The molecule has 130 valence electrons. The average Bonchev–Trinajstić information content (AvgIpc) is 3.05. The summed E-state index contributed by atoms with van der Waals surface area (Å²) < 4.78 is 11.6. The highest BCUT2D eigenvalue weighted by atomic mass is 32.1. The van der Waals surface area contributed by atoms with Crippen molar-refractivity contribution in [2.75, 3.05) is 7.11 Å². The number of ether oxygens (including phenoxy) is 2. The van der Waals surface area contributed by atoms with Gasteiger partial charge < -0.3 is 9.47 Å². The lowest BCUT2D eigenvalue weighted by Gasteiger charge is -2.05. The van der Waals surface area contributed by atoms with Crippen LogP contribution in [0.1, 0.15) is 40.8 Å². The lowest BCUT2D eigenvalue weighted by Crippen LogP contribution is -2.16. The van der Waals surface area contributed by atoms with Gasteiger partial charge in [0.15, 0.2) is 0 Å². The second-order valence-electron chi connectivity index (χ2n) is 5.68. The highest BCUT2D eigenvalue weighted by Gasteiger charge is 2.13. The molecule has 0 aliphatic rings. The number of methoxy groups -OCH3 is 1. The summed E-state index contributed by atoms with van der Waals surface area (Å²) in [6, 6.07) is 8.00. The maximum Gasteiger partial charge on any atom is 0.338 e. The van der Waals surface area contributed by atoms with E-state index in [-0.39, 0.29) is 18.1 Å². The number of benzene rings is 1. The molecule has 2 heterocycles. The molecule has 0 spiro atoms. The van der Waals surface area contributed by atoms with Crippen LogP contribution < -0.4 is 10.3 Å². The standard InChI is InChI=1S/C17H17N3O4S/c1-10(2)15-19-20-14(21)8-12(18-17(20)25-15)9-24-16(22)11-5-4-6-13(7-11)23-3/h4-8,10H,9H2,1-3H3. The van der Waals surface area contributed by atoms with E-state index in [9.17, 15) is 9.59 Å². The van der Waals surface area contributed by atoms with Crippen molar-refractivity contribution >= 4 is 22.3 Å². The third-order valence-corrected chi connectivity index (χ3v) is 4.67. The molecule has 25 heavy (non-hydrogen) atoms. The summed E-state index contributed by atoms with van der Waals surface area (Å²) in [5.41, 5.74) is 0.470. The number of aromatic nitrogens is 3. The van der Waals surface area contributed by atoms with Gasteiger partial charge in [-0.3, -0.25) is 4.79 Å². The lowest BCUT2D eigenvalue weighted by molar-refractivity contribution is 0.0467. The smallest absolute Gasteiger partial charge is 0.338 e. The number of hydrogen-bond acceptors (Lipinski definition) is 7. The summed E-state index contributed by atoms with van der Waals surface area (Å²) in [6.45, 7) is 3.91. The average molecular weight is 359 g/mol. The molecule has 0 aliphatic heterocycles. The van der Waals surface area contributed by atoms with Crippen LogP contribution in [-0.4, -0.2) is 27.7 Å². The second kappa shape index (κ2) is 7.02. The summed E-state index contributed by atoms with van der Waals surface area (Å²) in [5.74, 6) is 0.270. The van der Waals surface area contributed by atoms with Crippen molar-refractivity contribution in [3.05, 3.63) is 57.0 Å². The Labute approximate surface area is 147 Å². The normalized spacial score (nSPS) is 11.0. The molecule has 3 aromatic rings. The minimum absolute atomic E-state index is 0.0866. The third kappa shape index (κ3) is 3.69. The fourth-order valence-corrected chi connectivity index (χ4v) is 3.08. The van der Waals surface area contributed by atoms with Gasteiger partial charge in [-0.15, -0.1) is 0 Å². The first-order chi connectivity index (χ1) is 12.0. The number of carbonyl (C=O) groups is 1. The van der Waals surface area contributed by atoms with E-state index in [0.29, 0.717) is 22.0 Å². The Morgan fingerprint density at radius 2 is 2.12 bits per heavy atom. The van der Waals surface area contributed by atoms with Gasteiger partial charge in [0, 0.05) is 12.0 Å². The molecule has 0 saturated carbocycles. The van der Waals surface area contributed by atoms with Gasteiger partial charge in [0.2, 0.25) is 4.96 Å². The predicted molar refractivity (Wildman–Crippen MR) is 93.3 cm³/mol. The first kappa shape index (κ1) is 17.1. The zero-order valence-electron chi connectivity index (χ0n) is 14.1. The van der Waals surface area contributed by atoms with Crippen LogP contribution >= 0.6 is 11.3 Å². The first-order valence-electron chi connectivity index (χ1n) is 7.69. The number of rotatable bonds is 5. The second-order valence-corrected chi connectivity index (χ2v) is 6.67. The molecule has 2 aromatic heterocycles. The van der Waals surface area contributed by atoms with Crippen molar-refractivity contribution in [3.8, 4) is 5.75 Å². The van der Waals surface area contributed by atoms with E-state index < -0.39 is 5.97 Å². The molecule has 0 N–H and O–H groups in total. The van der Waals surface area contributed by atoms with E-state index in [1.807, 2.05) is 13.8 Å². The van der Waals surface area contributed by atoms with Gasteiger partial charge in [0.1, 0.15) is 17.4 Å². The van der Waals surface area contributed by atoms with Crippen LogP contribution in [0, 0.1) is 0 Å². The number of esters is 1. The molecule has 0 amide bonds. The Kier molecular flexibility index (Phi) is 4.80. The van der Waals surface area contributed by atoms with Crippen LogP contribution in [0.4, 0.5) is 0 Å². The molecule has 3 rings (SSSR count). The van der Waals surface area contributed by atoms with Gasteiger partial charge in [0.05, 0.1) is 18.4 Å². The Balaban J connectivity index is 1.78. The number of nitrogens with zero attached hydrogens (tertiary/aromatic N) is 3. The summed E-state index contributed by atoms with van der Waals surface area (Å²) in [4.78, 5) is 29.1. The monoisotopic (exact) mass is 359 g/mol. The van der Waals surface area contributed by atoms with Crippen LogP contribution in [0.15, 0.2) is 35.1 Å². The minimum atomic E-state index is -0.506. The summed E-state index contributed by atoms with van der Waals surface area (Å²) in [6.07, 6.45) is 0. The topological polar surface area (TPSA) is 82.8 Å². The number of hydrogen-bond donors (Lipinski definition) is 0. The largest absolute Gasteiger partial charge is 0.497 e. The molecule has 0 fully saturated rings. The highest BCUT2D eigenvalue weighted by Crippen LogP contribution is 2.20. The van der Waals surface area contributed by atoms with Crippen LogP contribution in [-0.2, 0) is 11.3 Å². The fourth-order valence-electron chi connectivity index (χ4n) is 2.15. The molecular formula is C17H17N3O4S. The number of fused-ring (bicyclic) bond motifs is 1. The summed E-state index contributed by atoms with van der Waals surface area (Å²) in [7, 11) is 1.53. The highest BCUT2D eigenvalue weighted by molar-refractivity contribution is 7.16. The zero-order chi connectivity index (χ0) is 18.0. The third-order valence-electron chi connectivity index (χ3n) is 3.46. The van der Waals surface area contributed by atoms with E-state index >= 15 is 0 Å². The molecule has 0 radical (unpaired) electrons. The fraction of sp³-hybridized carbons (Fsp3) is 0.294. The van der Waals surface area contributed by atoms with E-state index in [2.05, 4.69) is 10.1 Å². The van der Waals surface area contributed by atoms with Crippen LogP contribution in [0.5, 0.6) is 5.75 Å². The van der Waals surface area contributed by atoms with Crippen LogP contribution in [0.3, 0.4) is 0 Å². The van der Waals surface area contributed by atoms with Crippen LogP contribution in [0.2, 0.25) is 0 Å². The van der Waals surface area contributed by atoms with Crippen molar-refractivity contribution in [3.63, 3.8) is 0 Å². The van der Waals surface area contributed by atoms with E-state index in [1.54, 1.807) is 24.3 Å². The quantitative estimate of drug-likeness (QED) is 0.651. The Morgan fingerprint density at radius 1 is 1.32 bits per heavy atom. The van der Waals surface area contributed by atoms with Gasteiger partial charge >= 0.3 is 5.97 Å². The molecule has 0 aliphatic carbocycles. The SMILES string of the molecule is COc1cccc(C(=O)OCc2cc(=O)n3nc(C(C)C)sc3n2)c1. The number of carbonyl (C=O) groups excluding carboxylic acids is 1. The van der Waals surface area contributed by atoms with E-state index in [4.69, 9.17) is 9.47 Å². The van der Waals surface area contributed by atoms with Gasteiger partial charge in [-0.25, -0.2) is 9.78 Å². The van der Waals surface area contributed by atoms with Crippen LogP contribution in [0.25, 0.3) is 4.96 Å². The van der Waals surface area contributed by atoms with Crippen molar-refractivity contribution in [1.82, 2.24) is 14.6 Å². The molecule has 7 nitrogen and oxygen atoms in total. The lowest BCUT2D eigenvalue weighted by atomic mass is 10.2. The van der Waals surface area contributed by atoms with Crippen molar-refractivity contribution in [2.45, 2.75) is 26.4 Å². The molecule has 0 bridgehead atoms. The van der Waals surface area contributed by atoms with E-state index in [1.165, 1.54) is 29.0 Å². The van der Waals surface area contributed by atoms with E-state index in [0.717, 1.165) is 5.01 Å². The molecule has 0 atom stereocenters. The minimum Gasteiger partial charge on any atom is -0.497 e. The summed E-state index contributed by atoms with van der Waals surface area (Å²) >= 11 is 1.35. The summed E-state index contributed by atoms with van der Waals surface area (Å²) in [5, 5.41) is 5.08. The van der Waals surface area contributed by atoms with Gasteiger partial charge in [-0.05, 0) is 18.2 Å². The molecule has 0 unspecified atom stereocenters. The molecule has 8 heteroatoms. The predicted octanol–water partition coefficient (Wildman–Crippen LogP) is 2.64. The van der Waals surface area contributed by atoms with Crippen molar-refractivity contribution < 1.29 is 14.3 Å². The van der Waals surface area contributed by atoms with Gasteiger partial charge in [0.25, 0.3) is 5.56 Å². The Morgan fingerprint density at radius 3 is 2.84 bits per heavy atom. The maximum absolute atomic E-state index is 12.1. The van der Waals surface area contributed by atoms with Gasteiger partial charge in [-0.1, -0.05) is 31.3 Å². The zero-order valence-corrected chi connectivity index (χ0v) is 14.9. The van der Waals surface area contributed by atoms with Gasteiger partial charge in [-0.2, -0.15) is 9.61 Å². The Bertz CT molecular complexity index is 977. The first-order valence-corrected chi connectivity index (χ1v) is 8.50. The van der Waals surface area contributed by atoms with Crippen molar-refractivity contribution in [1.29, 1.82) is 0 Å². The molecule has 0 saturated heterocycles. The molecular weight excluding hydrogens is 342 g/mol. The molecule has 1 aromatic carbocycles. The maximum atomic E-state index is 12.1. The Hall–Kier alpha value is -2.74. The van der Waals surface area contributed by atoms with Crippen molar-refractivity contribution in [2.24, 2.45) is 0 Å².